The lowest BCUT2D eigenvalue weighted by molar-refractivity contribution is 1.07. The van der Waals surface area contributed by atoms with E-state index in [1.807, 2.05) is 158 Å². The number of rotatable bonds is 8. The van der Waals surface area contributed by atoms with Crippen molar-refractivity contribution in [1.29, 1.82) is 0 Å². The van der Waals surface area contributed by atoms with Crippen LogP contribution in [0.2, 0.25) is 5.02 Å². The van der Waals surface area contributed by atoms with Crippen molar-refractivity contribution < 1.29 is 0 Å². The number of aromatic nitrogens is 6. The Morgan fingerprint density at radius 2 is 0.455 bits per heavy atom. The van der Waals surface area contributed by atoms with Gasteiger partial charge in [0.15, 0.2) is 34.9 Å². The highest BCUT2D eigenvalue weighted by Gasteiger charge is 2.15. The lowest BCUT2D eigenvalue weighted by atomic mass is 9.96. The van der Waals surface area contributed by atoms with Crippen molar-refractivity contribution in [3.05, 3.63) is 193 Å². The second kappa shape index (κ2) is 15.1. The molecule has 0 aliphatic rings. The van der Waals surface area contributed by atoms with E-state index in [2.05, 4.69) is 30.3 Å². The third-order valence-electron chi connectivity index (χ3n) is 9.20. The summed E-state index contributed by atoms with van der Waals surface area (Å²) in [5.41, 5.74) is 9.33. The molecule has 260 valence electrons. The fraction of sp³-hybridized carbons (Fsp3) is 0. The van der Waals surface area contributed by atoms with Crippen LogP contribution in [0.5, 0.6) is 0 Å². The van der Waals surface area contributed by atoms with Gasteiger partial charge in [0.1, 0.15) is 0 Å². The highest BCUT2D eigenvalue weighted by Crippen LogP contribution is 2.34. The van der Waals surface area contributed by atoms with Gasteiger partial charge >= 0.3 is 0 Å². The molecule has 0 aliphatic heterocycles. The van der Waals surface area contributed by atoms with Gasteiger partial charge in [0.25, 0.3) is 0 Å². The molecule has 9 rings (SSSR count). The Balaban J connectivity index is 1.10. The van der Waals surface area contributed by atoms with Crippen LogP contribution in [0.25, 0.3) is 90.6 Å². The maximum Gasteiger partial charge on any atom is 0.164 e. The number of halogens is 1. The van der Waals surface area contributed by atoms with Gasteiger partial charge in [-0.2, -0.15) is 0 Å². The van der Waals surface area contributed by atoms with Gasteiger partial charge < -0.3 is 0 Å². The molecule has 2 heterocycles. The Labute approximate surface area is 324 Å². The van der Waals surface area contributed by atoms with E-state index in [0.717, 1.165) is 55.6 Å². The van der Waals surface area contributed by atoms with E-state index in [0.29, 0.717) is 40.0 Å². The van der Waals surface area contributed by atoms with Gasteiger partial charge in [0, 0.05) is 38.4 Å². The summed E-state index contributed by atoms with van der Waals surface area (Å²) in [7, 11) is 0. The van der Waals surface area contributed by atoms with E-state index < -0.39 is 0 Å². The molecule has 0 N–H and O–H groups in total. The summed E-state index contributed by atoms with van der Waals surface area (Å²) < 4.78 is 0. The maximum atomic E-state index is 6.85. The van der Waals surface area contributed by atoms with Gasteiger partial charge in [-0.15, -0.1) is 0 Å². The summed E-state index contributed by atoms with van der Waals surface area (Å²) in [6.07, 6.45) is 0. The number of benzene rings is 7. The molecule has 0 aliphatic carbocycles. The largest absolute Gasteiger partial charge is 0.208 e. The minimum Gasteiger partial charge on any atom is -0.208 e. The highest BCUT2D eigenvalue weighted by molar-refractivity contribution is 6.31. The summed E-state index contributed by atoms with van der Waals surface area (Å²) in [6.45, 7) is 0. The summed E-state index contributed by atoms with van der Waals surface area (Å²) in [6, 6.07) is 62.5. The van der Waals surface area contributed by atoms with Crippen molar-refractivity contribution in [3.8, 4) is 90.6 Å². The zero-order chi connectivity index (χ0) is 37.0. The Hall–Kier alpha value is -7.15. The molecule has 7 aromatic carbocycles. The predicted molar refractivity (Wildman–Crippen MR) is 222 cm³/mol. The maximum absolute atomic E-state index is 6.85. The molecule has 0 spiro atoms. The molecular weight excluding hydrogens is 696 g/mol. The van der Waals surface area contributed by atoms with Crippen LogP contribution in [-0.4, -0.2) is 29.9 Å². The van der Waals surface area contributed by atoms with E-state index in [9.17, 15) is 0 Å². The van der Waals surface area contributed by atoms with Gasteiger partial charge in [-0.3, -0.25) is 0 Å². The molecule has 2 aromatic heterocycles. The fourth-order valence-corrected chi connectivity index (χ4v) is 6.71. The standard InChI is InChI=1S/C48H31ClN6/c49-42-30-40(36-23-13-25-38(27-36)47-52-43(32-15-5-1-6-16-32)50-44(53-47)33-17-7-2-8-18-33)29-41(31-42)37-24-14-26-39(28-37)48-54-45(34-19-9-3-10-20-34)51-46(55-48)35-21-11-4-12-22-35/h1-31H. The minimum absolute atomic E-state index is 0.589. The van der Waals surface area contributed by atoms with E-state index in [-0.39, 0.29) is 0 Å². The third kappa shape index (κ3) is 7.40. The molecule has 55 heavy (non-hydrogen) atoms. The summed E-state index contributed by atoms with van der Waals surface area (Å²) >= 11 is 6.85. The molecule has 9 aromatic rings. The first-order valence-corrected chi connectivity index (χ1v) is 18.3. The average Bonchev–Trinajstić information content (AvgIpc) is 3.27. The van der Waals surface area contributed by atoms with E-state index in [1.54, 1.807) is 0 Å². The second-order valence-corrected chi connectivity index (χ2v) is 13.4. The molecule has 7 heteroatoms. The predicted octanol–water partition coefficient (Wildman–Crippen LogP) is 12.0. The zero-order valence-electron chi connectivity index (χ0n) is 29.5. The first kappa shape index (κ1) is 33.7. The Morgan fingerprint density at radius 3 is 0.764 bits per heavy atom. The van der Waals surface area contributed by atoms with Gasteiger partial charge in [-0.25, -0.2) is 29.9 Å². The molecule has 0 saturated heterocycles. The van der Waals surface area contributed by atoms with Crippen molar-refractivity contribution in [2.45, 2.75) is 0 Å². The van der Waals surface area contributed by atoms with Crippen LogP contribution in [0.3, 0.4) is 0 Å². The lowest BCUT2D eigenvalue weighted by Crippen LogP contribution is -2.00. The summed E-state index contributed by atoms with van der Waals surface area (Å²) in [5.74, 6) is 3.64. The Kier molecular flexibility index (Phi) is 9.22. The van der Waals surface area contributed by atoms with Crippen LogP contribution in [0.15, 0.2) is 188 Å². The average molecular weight is 727 g/mol. The number of nitrogens with zero attached hydrogens (tertiary/aromatic N) is 6. The Morgan fingerprint density at radius 1 is 0.218 bits per heavy atom. The fourth-order valence-electron chi connectivity index (χ4n) is 6.47. The SMILES string of the molecule is Clc1cc(-c2cccc(-c3nc(-c4ccccc4)nc(-c4ccccc4)n3)c2)cc(-c2cccc(-c3nc(-c4ccccc4)nc(-c4ccccc4)n3)c2)c1. The monoisotopic (exact) mass is 726 g/mol. The number of hydrogen-bond donors (Lipinski definition) is 0. The molecule has 0 atom stereocenters. The van der Waals surface area contributed by atoms with Gasteiger partial charge in [-0.05, 0) is 52.6 Å². The van der Waals surface area contributed by atoms with Crippen LogP contribution in [0.4, 0.5) is 0 Å². The smallest absolute Gasteiger partial charge is 0.164 e. The second-order valence-electron chi connectivity index (χ2n) is 13.0. The van der Waals surface area contributed by atoms with Gasteiger partial charge in [0.2, 0.25) is 0 Å². The Bertz CT molecular complexity index is 2460. The molecule has 6 nitrogen and oxygen atoms in total. The van der Waals surface area contributed by atoms with Crippen molar-refractivity contribution in [3.63, 3.8) is 0 Å². The molecular formula is C48H31ClN6. The van der Waals surface area contributed by atoms with Crippen LogP contribution in [0.1, 0.15) is 0 Å². The van der Waals surface area contributed by atoms with E-state index >= 15 is 0 Å². The van der Waals surface area contributed by atoms with Gasteiger partial charge in [-0.1, -0.05) is 169 Å². The van der Waals surface area contributed by atoms with Crippen LogP contribution in [-0.2, 0) is 0 Å². The molecule has 0 bridgehead atoms. The molecule has 0 fully saturated rings. The molecule has 0 amide bonds. The quantitative estimate of drug-likeness (QED) is 0.155. The molecule has 0 saturated carbocycles. The summed E-state index contributed by atoms with van der Waals surface area (Å²) in [4.78, 5) is 29.5. The van der Waals surface area contributed by atoms with Crippen molar-refractivity contribution in [2.24, 2.45) is 0 Å². The van der Waals surface area contributed by atoms with E-state index in [1.165, 1.54) is 0 Å². The van der Waals surface area contributed by atoms with E-state index in [4.69, 9.17) is 41.5 Å². The molecule has 0 radical (unpaired) electrons. The third-order valence-corrected chi connectivity index (χ3v) is 9.42. The normalized spacial score (nSPS) is 11.0. The first-order valence-electron chi connectivity index (χ1n) is 17.9. The number of hydrogen-bond acceptors (Lipinski definition) is 6. The van der Waals surface area contributed by atoms with Crippen LogP contribution < -0.4 is 0 Å². The first-order chi connectivity index (χ1) is 27.1. The molecule has 0 unspecified atom stereocenters. The topological polar surface area (TPSA) is 77.3 Å². The van der Waals surface area contributed by atoms with Gasteiger partial charge in [0.05, 0.1) is 0 Å². The van der Waals surface area contributed by atoms with Crippen molar-refractivity contribution in [1.82, 2.24) is 29.9 Å². The highest BCUT2D eigenvalue weighted by atomic mass is 35.5. The van der Waals surface area contributed by atoms with Crippen LogP contribution in [0, 0.1) is 0 Å². The van der Waals surface area contributed by atoms with Crippen molar-refractivity contribution >= 4 is 11.6 Å². The lowest BCUT2D eigenvalue weighted by Gasteiger charge is -2.12. The zero-order valence-corrected chi connectivity index (χ0v) is 30.2. The van der Waals surface area contributed by atoms with Crippen LogP contribution >= 0.6 is 11.6 Å². The van der Waals surface area contributed by atoms with Crippen molar-refractivity contribution in [2.75, 3.05) is 0 Å². The minimum atomic E-state index is 0.589. The summed E-state index contributed by atoms with van der Waals surface area (Å²) in [5, 5.41) is 0.624.